The lowest BCUT2D eigenvalue weighted by atomic mass is 10.3. The highest BCUT2D eigenvalue weighted by molar-refractivity contribution is 5.74. The van der Waals surface area contributed by atoms with Crippen LogP contribution in [0.25, 0.3) is 0 Å². The molecule has 0 spiro atoms. The molecule has 2 amide bonds. The van der Waals surface area contributed by atoms with Gasteiger partial charge in [0.2, 0.25) is 0 Å². The topological polar surface area (TPSA) is 45.3 Å². The van der Waals surface area contributed by atoms with Gasteiger partial charge in [-0.15, -0.1) is 0 Å². The number of hydrogen-bond acceptors (Lipinski definition) is 4. The molecule has 106 valence electrons. The van der Waals surface area contributed by atoms with Gasteiger partial charge in [0.1, 0.15) is 0 Å². The second-order valence-corrected chi connectivity index (χ2v) is 4.55. The van der Waals surface area contributed by atoms with Crippen LogP contribution in [0.3, 0.4) is 0 Å². The molecule has 1 fully saturated rings. The van der Waals surface area contributed by atoms with Gasteiger partial charge in [-0.05, 0) is 7.05 Å². The number of carbonyl (C=O) groups is 1. The summed E-state index contributed by atoms with van der Waals surface area (Å²) in [6.45, 7) is 5.82. The molecule has 0 atom stereocenters. The van der Waals surface area contributed by atoms with Gasteiger partial charge in [0.05, 0.1) is 13.2 Å². The van der Waals surface area contributed by atoms with E-state index in [4.69, 9.17) is 9.47 Å². The van der Waals surface area contributed by atoms with Gasteiger partial charge in [-0.25, -0.2) is 4.79 Å². The quantitative estimate of drug-likeness (QED) is 0.671. The van der Waals surface area contributed by atoms with E-state index in [9.17, 15) is 4.79 Å². The summed E-state index contributed by atoms with van der Waals surface area (Å²) in [4.78, 5) is 18.3. The van der Waals surface area contributed by atoms with Crippen molar-refractivity contribution in [1.29, 1.82) is 0 Å². The molecule has 0 aliphatic carbocycles. The summed E-state index contributed by atoms with van der Waals surface area (Å²) in [6, 6.07) is 0.0946. The van der Waals surface area contributed by atoms with Crippen molar-refractivity contribution in [3.8, 4) is 0 Å². The van der Waals surface area contributed by atoms with Crippen LogP contribution in [0.1, 0.15) is 0 Å². The summed E-state index contributed by atoms with van der Waals surface area (Å²) < 4.78 is 10.1. The maximum absolute atomic E-state index is 12.3. The van der Waals surface area contributed by atoms with Crippen molar-refractivity contribution in [2.24, 2.45) is 0 Å². The molecule has 0 N–H and O–H groups in total. The fourth-order valence-corrected chi connectivity index (χ4v) is 1.90. The maximum atomic E-state index is 12.3. The summed E-state index contributed by atoms with van der Waals surface area (Å²) in [7, 11) is 5.37. The van der Waals surface area contributed by atoms with Gasteiger partial charge in [-0.2, -0.15) is 0 Å². The summed E-state index contributed by atoms with van der Waals surface area (Å²) in [5.74, 6) is 0. The van der Waals surface area contributed by atoms with E-state index in [0.29, 0.717) is 26.3 Å². The van der Waals surface area contributed by atoms with Crippen LogP contribution in [0.15, 0.2) is 0 Å². The molecule has 0 saturated carbocycles. The number of ether oxygens (including phenoxy) is 2. The number of piperazine rings is 1. The number of likely N-dealkylation sites (N-methyl/N-ethyl adjacent to an activating group) is 1. The average molecular weight is 259 g/mol. The van der Waals surface area contributed by atoms with E-state index in [0.717, 1.165) is 26.2 Å². The molecule has 1 rings (SSSR count). The predicted molar refractivity (Wildman–Crippen MR) is 69.8 cm³/mol. The van der Waals surface area contributed by atoms with Crippen LogP contribution in [0, 0.1) is 0 Å². The van der Waals surface area contributed by atoms with E-state index in [1.807, 2.05) is 4.90 Å². The number of nitrogens with zero attached hydrogens (tertiary/aromatic N) is 3. The highest BCUT2D eigenvalue weighted by Crippen LogP contribution is 2.04. The number of carbonyl (C=O) groups excluding carboxylic acids is 1. The van der Waals surface area contributed by atoms with Crippen molar-refractivity contribution < 1.29 is 14.3 Å². The Balaban J connectivity index is 2.46. The predicted octanol–water partition coefficient (Wildman–Crippen LogP) is -0.0514. The standard InChI is InChI=1S/C12H25N3O3/c1-13-4-6-14(7-5-13)12(16)15(8-10-17-2)9-11-18-3/h4-11H2,1-3H3. The second-order valence-electron chi connectivity index (χ2n) is 4.55. The van der Waals surface area contributed by atoms with Gasteiger partial charge < -0.3 is 24.2 Å². The summed E-state index contributed by atoms with van der Waals surface area (Å²) >= 11 is 0. The monoisotopic (exact) mass is 259 g/mol. The summed E-state index contributed by atoms with van der Waals surface area (Å²) in [6.07, 6.45) is 0. The molecular formula is C12H25N3O3. The van der Waals surface area contributed by atoms with Crippen LogP contribution in [-0.4, -0.2) is 94.5 Å². The first kappa shape index (κ1) is 15.2. The van der Waals surface area contributed by atoms with Gasteiger partial charge in [0, 0.05) is 53.5 Å². The van der Waals surface area contributed by atoms with Crippen molar-refractivity contribution >= 4 is 6.03 Å². The highest BCUT2D eigenvalue weighted by Gasteiger charge is 2.23. The molecule has 0 unspecified atom stereocenters. The minimum atomic E-state index is 0.0946. The third-order valence-electron chi connectivity index (χ3n) is 3.17. The summed E-state index contributed by atoms with van der Waals surface area (Å²) in [5, 5.41) is 0. The van der Waals surface area contributed by atoms with E-state index in [1.54, 1.807) is 19.1 Å². The Bertz CT molecular complexity index is 235. The SMILES string of the molecule is COCCN(CCOC)C(=O)N1CCN(C)CC1. The Morgan fingerprint density at radius 2 is 1.56 bits per heavy atom. The van der Waals surface area contributed by atoms with Crippen LogP contribution >= 0.6 is 0 Å². The molecule has 1 aliphatic rings. The van der Waals surface area contributed by atoms with Crippen molar-refractivity contribution in [2.45, 2.75) is 0 Å². The zero-order valence-electron chi connectivity index (χ0n) is 11.7. The van der Waals surface area contributed by atoms with Gasteiger partial charge in [0.15, 0.2) is 0 Å². The number of rotatable bonds is 6. The van der Waals surface area contributed by atoms with Gasteiger partial charge >= 0.3 is 6.03 Å². The van der Waals surface area contributed by atoms with Crippen LogP contribution in [0.2, 0.25) is 0 Å². The largest absolute Gasteiger partial charge is 0.383 e. The fraction of sp³-hybridized carbons (Fsp3) is 0.917. The molecule has 1 saturated heterocycles. The van der Waals surface area contributed by atoms with E-state index in [1.165, 1.54) is 0 Å². The van der Waals surface area contributed by atoms with Gasteiger partial charge in [-0.3, -0.25) is 0 Å². The highest BCUT2D eigenvalue weighted by atomic mass is 16.5. The normalized spacial score (nSPS) is 16.9. The Hall–Kier alpha value is -0.850. The Morgan fingerprint density at radius 3 is 2.00 bits per heavy atom. The molecule has 6 heteroatoms. The van der Waals surface area contributed by atoms with Crippen LogP contribution in [0.4, 0.5) is 4.79 Å². The Labute approximate surface area is 109 Å². The lowest BCUT2D eigenvalue weighted by Crippen LogP contribution is -2.53. The van der Waals surface area contributed by atoms with E-state index in [-0.39, 0.29) is 6.03 Å². The molecule has 0 radical (unpaired) electrons. The molecule has 6 nitrogen and oxygen atoms in total. The molecule has 0 aromatic heterocycles. The Morgan fingerprint density at radius 1 is 1.06 bits per heavy atom. The smallest absolute Gasteiger partial charge is 0.320 e. The molecule has 0 bridgehead atoms. The van der Waals surface area contributed by atoms with E-state index in [2.05, 4.69) is 11.9 Å². The number of hydrogen-bond donors (Lipinski definition) is 0. The first-order chi connectivity index (χ1) is 8.69. The lowest BCUT2D eigenvalue weighted by molar-refractivity contribution is 0.0908. The number of urea groups is 1. The third-order valence-corrected chi connectivity index (χ3v) is 3.17. The third kappa shape index (κ3) is 4.80. The first-order valence-electron chi connectivity index (χ1n) is 6.39. The number of methoxy groups -OCH3 is 2. The maximum Gasteiger partial charge on any atom is 0.320 e. The second kappa shape index (κ2) is 8.29. The molecule has 18 heavy (non-hydrogen) atoms. The molecule has 1 aliphatic heterocycles. The van der Waals surface area contributed by atoms with Crippen molar-refractivity contribution in [3.63, 3.8) is 0 Å². The average Bonchev–Trinajstić information content (AvgIpc) is 2.39. The van der Waals surface area contributed by atoms with Crippen LogP contribution < -0.4 is 0 Å². The van der Waals surface area contributed by atoms with E-state index >= 15 is 0 Å². The zero-order valence-corrected chi connectivity index (χ0v) is 11.7. The fourth-order valence-electron chi connectivity index (χ4n) is 1.90. The number of amides is 2. The Kier molecular flexibility index (Phi) is 7.00. The van der Waals surface area contributed by atoms with Crippen molar-refractivity contribution in [2.75, 3.05) is 73.7 Å². The lowest BCUT2D eigenvalue weighted by Gasteiger charge is -2.36. The molecular weight excluding hydrogens is 234 g/mol. The molecule has 0 aromatic carbocycles. The minimum Gasteiger partial charge on any atom is -0.383 e. The zero-order chi connectivity index (χ0) is 13.4. The van der Waals surface area contributed by atoms with E-state index < -0.39 is 0 Å². The van der Waals surface area contributed by atoms with Gasteiger partial charge in [0.25, 0.3) is 0 Å². The summed E-state index contributed by atoms with van der Waals surface area (Å²) in [5.41, 5.74) is 0. The molecule has 0 aromatic rings. The van der Waals surface area contributed by atoms with Crippen LogP contribution in [-0.2, 0) is 9.47 Å². The van der Waals surface area contributed by atoms with Crippen molar-refractivity contribution in [1.82, 2.24) is 14.7 Å². The molecule has 1 heterocycles. The minimum absolute atomic E-state index is 0.0946. The first-order valence-corrected chi connectivity index (χ1v) is 6.39. The van der Waals surface area contributed by atoms with Crippen LogP contribution in [0.5, 0.6) is 0 Å². The van der Waals surface area contributed by atoms with Gasteiger partial charge in [-0.1, -0.05) is 0 Å². The van der Waals surface area contributed by atoms with Crippen molar-refractivity contribution in [3.05, 3.63) is 0 Å².